The molecule has 0 aliphatic rings. The van der Waals surface area contributed by atoms with Gasteiger partial charge in [-0.15, -0.1) is 10.2 Å². The molecular weight excluding hydrogens is 182 g/mol. The van der Waals surface area contributed by atoms with E-state index in [1.54, 1.807) is 25.5 Å². The lowest BCUT2D eigenvalue weighted by Crippen LogP contribution is -2.30. The Bertz CT molecular complexity index is 387. The molecule has 0 atom stereocenters. The van der Waals surface area contributed by atoms with Crippen LogP contribution in [0.3, 0.4) is 0 Å². The van der Waals surface area contributed by atoms with Crippen molar-refractivity contribution in [2.75, 3.05) is 5.32 Å². The summed E-state index contributed by atoms with van der Waals surface area (Å²) in [5, 5.41) is 18.5. The third kappa shape index (κ3) is 1.88. The number of hydrogen-bond acceptors (Lipinski definition) is 4. The van der Waals surface area contributed by atoms with Crippen LogP contribution in [0.1, 0.15) is 13.8 Å². The number of rotatable bonds is 2. The molecule has 0 radical (unpaired) electrons. The number of aryl methyl sites for hydroxylation is 1. The zero-order chi connectivity index (χ0) is 10.8. The minimum atomic E-state index is -1.06. The highest BCUT2D eigenvalue weighted by Gasteiger charge is 2.28. The fraction of sp³-hybridized carbons (Fsp3) is 0.500. The van der Waals surface area contributed by atoms with Crippen LogP contribution in [0.5, 0.6) is 0 Å². The van der Waals surface area contributed by atoms with Crippen molar-refractivity contribution < 1.29 is 4.79 Å². The van der Waals surface area contributed by atoms with E-state index in [1.807, 2.05) is 6.07 Å². The van der Waals surface area contributed by atoms with Gasteiger partial charge in [-0.1, -0.05) is 0 Å². The molecule has 74 valence electrons. The van der Waals surface area contributed by atoms with E-state index in [4.69, 9.17) is 5.26 Å². The van der Waals surface area contributed by atoms with Crippen molar-refractivity contribution in [3.8, 4) is 6.07 Å². The Labute approximate surface area is 81.6 Å². The second-order valence-electron chi connectivity index (χ2n) is 3.46. The molecule has 0 aliphatic carbocycles. The normalized spacial score (nSPS) is 10.7. The smallest absolute Gasteiger partial charge is 0.246 e. The Balaban J connectivity index is 2.78. The predicted octanol–water partition coefficient (Wildman–Crippen LogP) is 0.303. The van der Waals surface area contributed by atoms with Gasteiger partial charge in [0.05, 0.1) is 6.07 Å². The maximum absolute atomic E-state index is 11.5. The number of carbonyl (C=O) groups excluding carboxylic acids is 1. The molecule has 1 heterocycles. The summed E-state index contributed by atoms with van der Waals surface area (Å²) in [7, 11) is 1.70. The van der Waals surface area contributed by atoms with Crippen molar-refractivity contribution in [1.29, 1.82) is 5.26 Å². The molecule has 0 unspecified atom stereocenters. The molecule has 6 nitrogen and oxygen atoms in total. The lowest BCUT2D eigenvalue weighted by molar-refractivity contribution is -0.121. The summed E-state index contributed by atoms with van der Waals surface area (Å²) < 4.78 is 1.56. The van der Waals surface area contributed by atoms with E-state index < -0.39 is 11.3 Å². The number of amides is 1. The maximum atomic E-state index is 11.5. The Morgan fingerprint density at radius 2 is 2.36 bits per heavy atom. The molecular formula is C8H11N5O. The average Bonchev–Trinajstić information content (AvgIpc) is 2.52. The number of aromatic nitrogens is 3. The van der Waals surface area contributed by atoms with E-state index in [0.29, 0.717) is 5.95 Å². The zero-order valence-electron chi connectivity index (χ0n) is 8.27. The highest BCUT2D eigenvalue weighted by molar-refractivity contribution is 5.95. The fourth-order valence-corrected chi connectivity index (χ4v) is 0.705. The fourth-order valence-electron chi connectivity index (χ4n) is 0.705. The topological polar surface area (TPSA) is 83.6 Å². The molecule has 6 heteroatoms. The van der Waals surface area contributed by atoms with E-state index in [-0.39, 0.29) is 0 Å². The third-order valence-electron chi connectivity index (χ3n) is 1.78. The van der Waals surface area contributed by atoms with Crippen LogP contribution >= 0.6 is 0 Å². The highest BCUT2D eigenvalue weighted by atomic mass is 16.2. The molecule has 0 fully saturated rings. The number of anilines is 1. The molecule has 0 bridgehead atoms. The second-order valence-corrected chi connectivity index (χ2v) is 3.46. The Morgan fingerprint density at radius 3 is 2.79 bits per heavy atom. The van der Waals surface area contributed by atoms with Crippen LogP contribution in [0, 0.1) is 16.7 Å². The first-order valence-electron chi connectivity index (χ1n) is 4.04. The molecule has 0 aromatic carbocycles. The van der Waals surface area contributed by atoms with Gasteiger partial charge in [0.2, 0.25) is 11.9 Å². The van der Waals surface area contributed by atoms with Crippen LogP contribution in [0.4, 0.5) is 5.95 Å². The van der Waals surface area contributed by atoms with Crippen LogP contribution < -0.4 is 5.32 Å². The van der Waals surface area contributed by atoms with Gasteiger partial charge in [0.1, 0.15) is 11.7 Å². The van der Waals surface area contributed by atoms with Gasteiger partial charge >= 0.3 is 0 Å². The van der Waals surface area contributed by atoms with E-state index in [2.05, 4.69) is 15.5 Å². The monoisotopic (exact) mass is 193 g/mol. The van der Waals surface area contributed by atoms with Crippen LogP contribution in [-0.2, 0) is 11.8 Å². The minimum Gasteiger partial charge on any atom is -0.303 e. The standard InChI is InChI=1S/C8H11N5O/c1-8(2,4-9)6(14)11-7-12-10-5-13(7)3/h5H,1-3H3,(H,11,12,14). The second kappa shape index (κ2) is 3.46. The van der Waals surface area contributed by atoms with Crippen molar-refractivity contribution in [1.82, 2.24) is 14.8 Å². The number of carbonyl (C=O) groups is 1. The van der Waals surface area contributed by atoms with E-state index in [9.17, 15) is 4.79 Å². The molecule has 1 aromatic rings. The van der Waals surface area contributed by atoms with Gasteiger partial charge in [-0.25, -0.2) is 0 Å². The number of hydrogen-bond donors (Lipinski definition) is 1. The van der Waals surface area contributed by atoms with Crippen molar-refractivity contribution in [2.24, 2.45) is 12.5 Å². The first-order chi connectivity index (χ1) is 6.47. The molecule has 0 saturated carbocycles. The van der Waals surface area contributed by atoms with Gasteiger partial charge in [0.15, 0.2) is 0 Å². The third-order valence-corrected chi connectivity index (χ3v) is 1.78. The van der Waals surface area contributed by atoms with E-state index in [0.717, 1.165) is 0 Å². The van der Waals surface area contributed by atoms with Crippen molar-refractivity contribution in [3.05, 3.63) is 6.33 Å². The molecule has 14 heavy (non-hydrogen) atoms. The summed E-state index contributed by atoms with van der Waals surface area (Å²) in [6.45, 7) is 3.08. The van der Waals surface area contributed by atoms with Crippen molar-refractivity contribution in [3.63, 3.8) is 0 Å². The molecule has 0 saturated heterocycles. The zero-order valence-corrected chi connectivity index (χ0v) is 8.27. The summed E-state index contributed by atoms with van der Waals surface area (Å²) in [4.78, 5) is 11.5. The quantitative estimate of drug-likeness (QED) is 0.732. The summed E-state index contributed by atoms with van der Waals surface area (Å²) in [6, 6.07) is 1.90. The summed E-state index contributed by atoms with van der Waals surface area (Å²) in [5.74, 6) is -0.0607. The molecule has 1 N–H and O–H groups in total. The largest absolute Gasteiger partial charge is 0.303 e. The van der Waals surface area contributed by atoms with Crippen molar-refractivity contribution in [2.45, 2.75) is 13.8 Å². The number of nitriles is 1. The summed E-state index contributed by atoms with van der Waals surface area (Å²) in [6.07, 6.45) is 1.47. The van der Waals surface area contributed by atoms with Gasteiger partial charge in [-0.3, -0.25) is 10.1 Å². The minimum absolute atomic E-state index is 0.332. The molecule has 1 aromatic heterocycles. The van der Waals surface area contributed by atoms with E-state index >= 15 is 0 Å². The highest BCUT2D eigenvalue weighted by Crippen LogP contribution is 2.15. The molecule has 0 aliphatic heterocycles. The van der Waals surface area contributed by atoms with Crippen LogP contribution in [0.2, 0.25) is 0 Å². The van der Waals surface area contributed by atoms with Gasteiger partial charge < -0.3 is 4.57 Å². The first kappa shape index (κ1) is 10.2. The van der Waals surface area contributed by atoms with E-state index in [1.165, 1.54) is 6.33 Å². The Kier molecular flexibility index (Phi) is 2.51. The Hall–Kier alpha value is -1.90. The van der Waals surface area contributed by atoms with Crippen molar-refractivity contribution >= 4 is 11.9 Å². The average molecular weight is 193 g/mol. The Morgan fingerprint density at radius 1 is 1.71 bits per heavy atom. The first-order valence-corrected chi connectivity index (χ1v) is 4.04. The lowest BCUT2D eigenvalue weighted by atomic mass is 9.95. The lowest BCUT2D eigenvalue weighted by Gasteiger charge is -2.13. The molecule has 1 rings (SSSR count). The number of nitrogens with zero attached hydrogens (tertiary/aromatic N) is 4. The predicted molar refractivity (Wildman–Crippen MR) is 49.0 cm³/mol. The van der Waals surface area contributed by atoms with Crippen LogP contribution in [-0.4, -0.2) is 20.7 Å². The van der Waals surface area contributed by atoms with Gasteiger partial charge in [-0.05, 0) is 13.8 Å². The van der Waals surface area contributed by atoms with Crippen LogP contribution in [0.15, 0.2) is 6.33 Å². The van der Waals surface area contributed by atoms with Gasteiger partial charge in [-0.2, -0.15) is 5.26 Å². The summed E-state index contributed by atoms with van der Waals surface area (Å²) >= 11 is 0. The maximum Gasteiger partial charge on any atom is 0.246 e. The van der Waals surface area contributed by atoms with Gasteiger partial charge in [0.25, 0.3) is 0 Å². The molecule has 1 amide bonds. The number of nitrogens with one attached hydrogen (secondary N) is 1. The SMILES string of the molecule is Cn1cnnc1NC(=O)C(C)(C)C#N. The summed E-state index contributed by atoms with van der Waals surface area (Å²) in [5.41, 5.74) is -1.06. The van der Waals surface area contributed by atoms with Crippen LogP contribution in [0.25, 0.3) is 0 Å². The molecule has 0 spiro atoms. The van der Waals surface area contributed by atoms with Gasteiger partial charge in [0, 0.05) is 7.05 Å².